The third-order valence-electron chi connectivity index (χ3n) is 9.11. The van der Waals surface area contributed by atoms with Gasteiger partial charge in [-0.05, 0) is 79.4 Å². The fourth-order valence-electron chi connectivity index (χ4n) is 6.02. The second kappa shape index (κ2) is 21.5. The molecule has 0 aromatic heterocycles. The lowest BCUT2D eigenvalue weighted by Gasteiger charge is -2.21. The minimum absolute atomic E-state index is 0.0470. The zero-order valence-electron chi connectivity index (χ0n) is 31.2. The molecule has 4 aromatic rings. The van der Waals surface area contributed by atoms with Gasteiger partial charge in [-0.1, -0.05) is 96.4 Å². The second-order valence-electron chi connectivity index (χ2n) is 13.6. The topological polar surface area (TPSA) is 159 Å². The van der Waals surface area contributed by atoms with Gasteiger partial charge in [0.25, 0.3) is 0 Å². The number of hydrogen-bond donors (Lipinski definition) is 6. The molecule has 13 heteroatoms. The van der Waals surface area contributed by atoms with E-state index in [-0.39, 0.29) is 36.7 Å². The van der Waals surface area contributed by atoms with Crippen LogP contribution >= 0.6 is 11.9 Å². The van der Waals surface area contributed by atoms with E-state index in [1.807, 2.05) is 110 Å². The highest BCUT2D eigenvalue weighted by molar-refractivity contribution is 7.96. The highest BCUT2D eigenvalue weighted by Crippen LogP contribution is 2.15. The summed E-state index contributed by atoms with van der Waals surface area (Å²) in [4.78, 5) is 55.8. The molecule has 4 aromatic carbocycles. The van der Waals surface area contributed by atoms with Gasteiger partial charge in [0.1, 0.15) is 0 Å². The first-order valence-corrected chi connectivity index (χ1v) is 19.5. The standard InChI is InChI=1S/C42H50N8O4S/c1-31-8-16-36(17-9-31)46-40(52)28-49-20-5-21-50(23-22-49)29-41(53)47-37-18-14-32(15-19-37)24-38(48-55-30-35-6-3-2-4-7-35)42(54)45-27-39(51)44-26-34-12-10-33(25-43)11-13-34/h2-4,6-19,25,38,43,48H,5,20-24,26-30H2,1H3,(H,44,51)(H,45,54)(H,46,52)(H,47,53)/t38-/m1/s1. The molecule has 0 bridgehead atoms. The Balaban J connectivity index is 1.07. The fraction of sp³-hybridized carbons (Fsp3) is 0.310. The Morgan fingerprint density at radius 3 is 1.87 bits per heavy atom. The number of amides is 4. The largest absolute Gasteiger partial charge is 0.350 e. The van der Waals surface area contributed by atoms with Crippen LogP contribution in [0.25, 0.3) is 0 Å². The molecule has 0 unspecified atom stereocenters. The van der Waals surface area contributed by atoms with Gasteiger partial charge in [-0.3, -0.25) is 33.7 Å². The molecule has 5 rings (SSSR count). The average Bonchev–Trinajstić information content (AvgIpc) is 3.42. The molecule has 288 valence electrons. The van der Waals surface area contributed by atoms with E-state index in [0.717, 1.165) is 53.0 Å². The Kier molecular flexibility index (Phi) is 16.0. The van der Waals surface area contributed by atoms with E-state index in [2.05, 4.69) is 35.8 Å². The first kappa shape index (κ1) is 40.8. The van der Waals surface area contributed by atoms with Crippen molar-refractivity contribution in [2.75, 3.05) is 56.4 Å². The molecule has 6 N–H and O–H groups in total. The molecular formula is C42H50N8O4S. The van der Waals surface area contributed by atoms with Gasteiger partial charge >= 0.3 is 0 Å². The quantitative estimate of drug-likeness (QED) is 0.0645. The monoisotopic (exact) mass is 762 g/mol. The van der Waals surface area contributed by atoms with E-state index < -0.39 is 6.04 Å². The van der Waals surface area contributed by atoms with Crippen LogP contribution in [0.4, 0.5) is 11.4 Å². The zero-order valence-corrected chi connectivity index (χ0v) is 32.0. The summed E-state index contributed by atoms with van der Waals surface area (Å²) in [5, 5.41) is 18.9. The number of carbonyl (C=O) groups is 4. The van der Waals surface area contributed by atoms with Gasteiger partial charge in [0, 0.05) is 43.0 Å². The second-order valence-corrected chi connectivity index (χ2v) is 14.4. The van der Waals surface area contributed by atoms with Crippen LogP contribution in [0.5, 0.6) is 0 Å². The molecule has 55 heavy (non-hydrogen) atoms. The number of aryl methyl sites for hydroxylation is 1. The number of anilines is 2. The number of carbonyl (C=O) groups excluding carboxylic acids is 4. The predicted molar refractivity (Wildman–Crippen MR) is 220 cm³/mol. The average molecular weight is 763 g/mol. The predicted octanol–water partition coefficient (Wildman–Crippen LogP) is 4.36. The summed E-state index contributed by atoms with van der Waals surface area (Å²) in [6.07, 6.45) is 2.49. The van der Waals surface area contributed by atoms with Gasteiger partial charge in [0.05, 0.1) is 25.7 Å². The molecule has 1 aliphatic rings. The lowest BCUT2D eigenvalue weighted by atomic mass is 10.1. The van der Waals surface area contributed by atoms with E-state index in [4.69, 9.17) is 5.41 Å². The third kappa shape index (κ3) is 14.4. The Bertz CT molecular complexity index is 1860. The highest BCUT2D eigenvalue weighted by atomic mass is 32.2. The molecule has 0 spiro atoms. The SMILES string of the molecule is Cc1ccc(NC(=O)CN2CCCN(CC(=O)Nc3ccc(C[C@@H](NSCc4ccccc4)C(=O)NCC(=O)NCc4ccc(C=N)cc4)cc3)CC2)cc1. The van der Waals surface area contributed by atoms with Crippen molar-refractivity contribution in [2.45, 2.75) is 38.1 Å². The molecule has 0 aliphatic carbocycles. The fourth-order valence-corrected chi connectivity index (χ4v) is 6.85. The molecule has 1 aliphatic heterocycles. The normalized spacial score (nSPS) is 13.9. The zero-order chi connectivity index (χ0) is 38.8. The van der Waals surface area contributed by atoms with Gasteiger partial charge in [-0.2, -0.15) is 0 Å². The van der Waals surface area contributed by atoms with Crippen LogP contribution in [0.3, 0.4) is 0 Å². The maximum Gasteiger partial charge on any atom is 0.239 e. The molecule has 1 atom stereocenters. The number of nitrogens with one attached hydrogen (secondary N) is 6. The molecule has 1 fully saturated rings. The number of hydrogen-bond acceptors (Lipinski definition) is 9. The van der Waals surface area contributed by atoms with E-state index in [9.17, 15) is 19.2 Å². The van der Waals surface area contributed by atoms with Crippen LogP contribution in [0.2, 0.25) is 0 Å². The molecule has 4 amide bonds. The maximum absolute atomic E-state index is 13.3. The highest BCUT2D eigenvalue weighted by Gasteiger charge is 2.21. The first-order chi connectivity index (χ1) is 26.7. The number of rotatable bonds is 18. The van der Waals surface area contributed by atoms with Crippen LogP contribution in [0.15, 0.2) is 103 Å². The van der Waals surface area contributed by atoms with Crippen molar-refractivity contribution in [3.63, 3.8) is 0 Å². The Morgan fingerprint density at radius 2 is 1.27 bits per heavy atom. The summed E-state index contributed by atoms with van der Waals surface area (Å²) in [7, 11) is 0. The number of benzene rings is 4. The molecule has 0 radical (unpaired) electrons. The lowest BCUT2D eigenvalue weighted by molar-refractivity contribution is -0.127. The summed E-state index contributed by atoms with van der Waals surface area (Å²) in [6, 6.07) is 31.8. The maximum atomic E-state index is 13.3. The Labute approximate surface area is 327 Å². The minimum Gasteiger partial charge on any atom is -0.350 e. The van der Waals surface area contributed by atoms with Crippen LogP contribution in [0, 0.1) is 12.3 Å². The van der Waals surface area contributed by atoms with Crippen molar-refractivity contribution < 1.29 is 19.2 Å². The van der Waals surface area contributed by atoms with E-state index in [0.29, 0.717) is 44.0 Å². The first-order valence-electron chi connectivity index (χ1n) is 18.5. The molecule has 1 saturated heterocycles. The Morgan fingerprint density at radius 1 is 0.691 bits per heavy atom. The van der Waals surface area contributed by atoms with Crippen molar-refractivity contribution in [1.82, 2.24) is 25.2 Å². The molecule has 0 saturated carbocycles. The van der Waals surface area contributed by atoms with Gasteiger partial charge in [-0.25, -0.2) is 0 Å². The van der Waals surface area contributed by atoms with E-state index in [1.165, 1.54) is 18.2 Å². The van der Waals surface area contributed by atoms with Gasteiger partial charge in [0.15, 0.2) is 0 Å². The van der Waals surface area contributed by atoms with Crippen molar-refractivity contribution >= 4 is 53.2 Å². The van der Waals surface area contributed by atoms with Crippen molar-refractivity contribution in [3.8, 4) is 0 Å². The van der Waals surface area contributed by atoms with Crippen molar-refractivity contribution in [1.29, 1.82) is 5.41 Å². The van der Waals surface area contributed by atoms with Crippen molar-refractivity contribution in [2.24, 2.45) is 0 Å². The van der Waals surface area contributed by atoms with E-state index in [1.54, 1.807) is 0 Å². The van der Waals surface area contributed by atoms with Crippen LogP contribution in [-0.4, -0.2) is 91.5 Å². The Hall–Kier alpha value is -5.34. The summed E-state index contributed by atoms with van der Waals surface area (Å²) in [5.41, 5.74) is 6.27. The number of nitrogens with zero attached hydrogens (tertiary/aromatic N) is 2. The molecular weight excluding hydrogens is 713 g/mol. The van der Waals surface area contributed by atoms with Gasteiger partial charge in [0.2, 0.25) is 23.6 Å². The summed E-state index contributed by atoms with van der Waals surface area (Å²) < 4.78 is 3.29. The molecule has 1 heterocycles. The van der Waals surface area contributed by atoms with Crippen LogP contribution in [-0.2, 0) is 37.9 Å². The van der Waals surface area contributed by atoms with Gasteiger partial charge < -0.3 is 26.7 Å². The molecule has 12 nitrogen and oxygen atoms in total. The van der Waals surface area contributed by atoms with Gasteiger partial charge in [-0.15, -0.1) is 0 Å². The van der Waals surface area contributed by atoms with E-state index >= 15 is 0 Å². The summed E-state index contributed by atoms with van der Waals surface area (Å²) in [6.45, 7) is 5.65. The summed E-state index contributed by atoms with van der Waals surface area (Å²) in [5.74, 6) is -0.110. The summed E-state index contributed by atoms with van der Waals surface area (Å²) >= 11 is 1.43. The minimum atomic E-state index is -0.619. The van der Waals surface area contributed by atoms with Crippen LogP contribution < -0.4 is 26.0 Å². The smallest absolute Gasteiger partial charge is 0.239 e. The lowest BCUT2D eigenvalue weighted by Crippen LogP contribution is -2.46. The third-order valence-corrected chi connectivity index (χ3v) is 10.0. The van der Waals surface area contributed by atoms with Crippen LogP contribution in [0.1, 0.15) is 34.2 Å². The van der Waals surface area contributed by atoms with Crippen molar-refractivity contribution in [3.05, 3.63) is 131 Å².